The summed E-state index contributed by atoms with van der Waals surface area (Å²) in [6.07, 6.45) is 4.48. The fraction of sp³-hybridized carbons (Fsp3) is 0.190. The number of ketones is 1. The van der Waals surface area contributed by atoms with Crippen molar-refractivity contribution >= 4 is 29.3 Å². The molecule has 1 fully saturated rings. The molecule has 0 unspecified atom stereocenters. The summed E-state index contributed by atoms with van der Waals surface area (Å²) in [5.74, 6) is -0.149. The zero-order chi connectivity index (χ0) is 20.6. The Kier molecular flexibility index (Phi) is 6.45. The minimum atomic E-state index is -0.0851. The molecule has 2 aromatic carbocycles. The van der Waals surface area contributed by atoms with Gasteiger partial charge in [-0.2, -0.15) is 0 Å². The van der Waals surface area contributed by atoms with Gasteiger partial charge in [-0.15, -0.1) is 0 Å². The normalized spacial score (nSPS) is 18.9. The van der Waals surface area contributed by atoms with Gasteiger partial charge in [0.25, 0.3) is 0 Å². The lowest BCUT2D eigenvalue weighted by Gasteiger charge is -2.24. The molecule has 0 bridgehead atoms. The Bertz CT molecular complexity index is 1010. The lowest BCUT2D eigenvalue weighted by molar-refractivity contribution is -0.113. The highest BCUT2D eigenvalue weighted by Crippen LogP contribution is 2.33. The van der Waals surface area contributed by atoms with Gasteiger partial charge >= 0.3 is 0 Å². The standard InChI is InChI=1S/C21H18N6O2/c22-26-24-19-5-1-3-14(11-19)7-17-9-16(13-28)10-18(21(17)29)8-15-4-2-6-20(12-15)25-27-23/h1-8,11-12,16,28H,9-10,13H2. The summed E-state index contributed by atoms with van der Waals surface area (Å²) >= 11 is 0. The number of benzene rings is 2. The highest BCUT2D eigenvalue weighted by atomic mass is 16.3. The van der Waals surface area contributed by atoms with E-state index < -0.39 is 0 Å². The van der Waals surface area contributed by atoms with E-state index in [2.05, 4.69) is 20.1 Å². The van der Waals surface area contributed by atoms with Crippen LogP contribution in [0.4, 0.5) is 11.4 Å². The SMILES string of the molecule is [N-]=[N+]=Nc1cccc(C=C2CC(CO)CC(=Cc3cccc(N=[N+]=[N-])c3)C2=O)c1. The minimum absolute atomic E-state index is 0.0283. The Hall–Kier alpha value is -3.83. The van der Waals surface area contributed by atoms with Gasteiger partial charge in [0.2, 0.25) is 0 Å². The van der Waals surface area contributed by atoms with E-state index in [9.17, 15) is 9.90 Å². The van der Waals surface area contributed by atoms with Gasteiger partial charge in [0.15, 0.2) is 5.78 Å². The van der Waals surface area contributed by atoms with Crippen LogP contribution in [-0.2, 0) is 4.79 Å². The zero-order valence-corrected chi connectivity index (χ0v) is 15.5. The molecule has 1 N–H and O–H groups in total. The molecule has 29 heavy (non-hydrogen) atoms. The van der Waals surface area contributed by atoms with Gasteiger partial charge < -0.3 is 5.11 Å². The van der Waals surface area contributed by atoms with Crippen LogP contribution in [0.25, 0.3) is 33.0 Å². The molecular formula is C21H18N6O2. The Morgan fingerprint density at radius 3 is 1.83 bits per heavy atom. The predicted octanol–water partition coefficient (Wildman–Crippen LogP) is 6.01. The van der Waals surface area contributed by atoms with Crippen molar-refractivity contribution in [2.75, 3.05) is 6.61 Å². The van der Waals surface area contributed by atoms with Crippen molar-refractivity contribution in [3.05, 3.63) is 91.7 Å². The number of rotatable bonds is 5. The van der Waals surface area contributed by atoms with E-state index in [1.165, 1.54) is 0 Å². The van der Waals surface area contributed by atoms with E-state index in [4.69, 9.17) is 11.1 Å². The van der Waals surface area contributed by atoms with Crippen molar-refractivity contribution in [1.82, 2.24) is 0 Å². The maximum atomic E-state index is 13.0. The molecular weight excluding hydrogens is 368 g/mol. The molecule has 0 spiro atoms. The smallest absolute Gasteiger partial charge is 0.185 e. The summed E-state index contributed by atoms with van der Waals surface area (Å²) in [5, 5.41) is 16.9. The summed E-state index contributed by atoms with van der Waals surface area (Å²) in [7, 11) is 0. The number of carbonyl (C=O) groups excluding carboxylic acids is 1. The van der Waals surface area contributed by atoms with Crippen molar-refractivity contribution in [3.8, 4) is 0 Å². The molecule has 0 heterocycles. The Labute approximate surface area is 167 Å². The summed E-state index contributed by atoms with van der Waals surface area (Å²) < 4.78 is 0. The lowest BCUT2D eigenvalue weighted by atomic mass is 9.80. The lowest BCUT2D eigenvalue weighted by Crippen LogP contribution is -2.22. The van der Waals surface area contributed by atoms with Crippen molar-refractivity contribution in [3.63, 3.8) is 0 Å². The molecule has 1 aliphatic carbocycles. The third-order valence-electron chi connectivity index (χ3n) is 4.60. The molecule has 3 rings (SSSR count). The molecule has 8 nitrogen and oxygen atoms in total. The summed E-state index contributed by atoms with van der Waals surface area (Å²) in [6.45, 7) is -0.0283. The van der Waals surface area contributed by atoms with Crippen LogP contribution in [0, 0.1) is 5.92 Å². The summed E-state index contributed by atoms with van der Waals surface area (Å²) in [4.78, 5) is 18.6. The van der Waals surface area contributed by atoms with Crippen LogP contribution in [-0.4, -0.2) is 17.5 Å². The second kappa shape index (κ2) is 9.39. The number of aliphatic hydroxyl groups is 1. The van der Waals surface area contributed by atoms with Crippen molar-refractivity contribution in [2.24, 2.45) is 16.1 Å². The van der Waals surface area contributed by atoms with Gasteiger partial charge in [0.1, 0.15) is 0 Å². The first-order valence-electron chi connectivity index (χ1n) is 9.00. The van der Waals surface area contributed by atoms with Gasteiger partial charge in [0.05, 0.1) is 0 Å². The molecule has 0 radical (unpaired) electrons. The van der Waals surface area contributed by atoms with E-state index in [-0.39, 0.29) is 18.3 Å². The maximum Gasteiger partial charge on any atom is 0.185 e. The molecule has 144 valence electrons. The number of Topliss-reactive ketones (excluding diaryl/α,β-unsaturated/α-hetero) is 1. The van der Waals surface area contributed by atoms with Gasteiger partial charge in [-0.25, -0.2) is 0 Å². The van der Waals surface area contributed by atoms with E-state index in [0.717, 1.165) is 11.1 Å². The largest absolute Gasteiger partial charge is 0.396 e. The van der Waals surface area contributed by atoms with Gasteiger partial charge in [-0.05, 0) is 65.2 Å². The Balaban J connectivity index is 1.97. The van der Waals surface area contributed by atoms with Crippen LogP contribution in [0.1, 0.15) is 24.0 Å². The second-order valence-corrected chi connectivity index (χ2v) is 6.69. The molecule has 1 aliphatic rings. The molecule has 2 aromatic rings. The third-order valence-corrected chi connectivity index (χ3v) is 4.60. The first kappa shape index (κ1) is 19.9. The zero-order valence-electron chi connectivity index (χ0n) is 15.5. The van der Waals surface area contributed by atoms with Crippen molar-refractivity contribution in [2.45, 2.75) is 12.8 Å². The van der Waals surface area contributed by atoms with Crippen LogP contribution in [0.2, 0.25) is 0 Å². The number of nitrogens with zero attached hydrogens (tertiary/aromatic N) is 6. The number of allylic oxidation sites excluding steroid dienone is 2. The average Bonchev–Trinajstić information content (AvgIpc) is 2.72. The van der Waals surface area contributed by atoms with Crippen LogP contribution in [0.5, 0.6) is 0 Å². The fourth-order valence-electron chi connectivity index (χ4n) is 3.32. The monoisotopic (exact) mass is 386 g/mol. The molecule has 0 amide bonds. The highest BCUT2D eigenvalue weighted by molar-refractivity contribution is 6.14. The number of hydrogen-bond acceptors (Lipinski definition) is 4. The highest BCUT2D eigenvalue weighted by Gasteiger charge is 2.27. The van der Waals surface area contributed by atoms with Crippen molar-refractivity contribution < 1.29 is 9.90 Å². The first-order chi connectivity index (χ1) is 14.1. The predicted molar refractivity (Wildman–Crippen MR) is 111 cm³/mol. The van der Waals surface area contributed by atoms with Crippen LogP contribution < -0.4 is 0 Å². The second-order valence-electron chi connectivity index (χ2n) is 6.69. The van der Waals surface area contributed by atoms with Gasteiger partial charge in [0, 0.05) is 39.0 Å². The maximum absolute atomic E-state index is 13.0. The minimum Gasteiger partial charge on any atom is -0.396 e. The topological polar surface area (TPSA) is 135 Å². The van der Waals surface area contributed by atoms with Crippen LogP contribution >= 0.6 is 0 Å². The molecule has 1 saturated carbocycles. The molecule has 0 aliphatic heterocycles. The molecule has 0 aromatic heterocycles. The average molecular weight is 386 g/mol. The van der Waals surface area contributed by atoms with Gasteiger partial charge in [-0.3, -0.25) is 4.79 Å². The Morgan fingerprint density at radius 1 is 0.931 bits per heavy atom. The number of carbonyl (C=O) groups is 1. The number of azide groups is 2. The van der Waals surface area contributed by atoms with E-state index in [1.54, 1.807) is 48.6 Å². The molecule has 8 heteroatoms. The summed E-state index contributed by atoms with van der Waals surface area (Å²) in [5.41, 5.74) is 20.8. The molecule has 0 saturated heterocycles. The quantitative estimate of drug-likeness (QED) is 0.291. The van der Waals surface area contributed by atoms with E-state index >= 15 is 0 Å². The van der Waals surface area contributed by atoms with E-state index in [0.29, 0.717) is 35.4 Å². The number of aliphatic hydroxyl groups excluding tert-OH is 1. The molecule has 0 atom stereocenters. The first-order valence-corrected chi connectivity index (χ1v) is 9.00. The number of hydrogen-bond donors (Lipinski definition) is 1. The summed E-state index contributed by atoms with van der Waals surface area (Å²) in [6, 6.07) is 13.9. The van der Waals surface area contributed by atoms with Crippen molar-refractivity contribution in [1.29, 1.82) is 0 Å². The van der Waals surface area contributed by atoms with Crippen LogP contribution in [0.3, 0.4) is 0 Å². The van der Waals surface area contributed by atoms with Crippen LogP contribution in [0.15, 0.2) is 69.9 Å². The Morgan fingerprint density at radius 2 is 1.41 bits per heavy atom. The third kappa shape index (κ3) is 5.12. The van der Waals surface area contributed by atoms with Gasteiger partial charge in [-0.1, -0.05) is 46.6 Å². The fourth-order valence-corrected chi connectivity index (χ4v) is 3.32. The van der Waals surface area contributed by atoms with E-state index in [1.807, 2.05) is 12.1 Å².